The fourth-order valence-corrected chi connectivity index (χ4v) is 5.69. The number of benzene rings is 3. The average Bonchev–Trinajstić information content (AvgIpc) is 3.47. The Morgan fingerprint density at radius 3 is 2.36 bits per heavy atom. The Morgan fingerprint density at radius 1 is 0.939 bits per heavy atom. The third-order valence-electron chi connectivity index (χ3n) is 7.15. The maximum absolute atomic E-state index is 14.0. The maximum Gasteiger partial charge on any atom is 0.433 e. The van der Waals surface area contributed by atoms with Crippen molar-refractivity contribution in [2.45, 2.75) is 12.1 Å². The number of urea groups is 1. The number of fused-ring (bicyclic) bond motifs is 2. The number of imide groups is 1. The second-order valence-electron chi connectivity index (χ2n) is 8.75. The highest BCUT2D eigenvalue weighted by atomic mass is 16.6. The van der Waals surface area contributed by atoms with Gasteiger partial charge in [0.1, 0.15) is 6.67 Å². The molecule has 1 spiro atoms. The lowest BCUT2D eigenvalue weighted by molar-refractivity contribution is -0.852. The first-order chi connectivity index (χ1) is 15.9. The molecule has 4 atom stereocenters. The number of Topliss-reactive ketones (excluding diaryl/α,β-unsaturated/α-hetero) is 1. The topological polar surface area (TPSA) is 98.0 Å². The molecule has 33 heavy (non-hydrogen) atoms. The van der Waals surface area contributed by atoms with Gasteiger partial charge >= 0.3 is 11.7 Å². The summed E-state index contributed by atoms with van der Waals surface area (Å²) in [6.45, 7) is 1.16. The summed E-state index contributed by atoms with van der Waals surface area (Å²) >= 11 is 0. The van der Waals surface area contributed by atoms with E-state index in [0.29, 0.717) is 41.8 Å². The van der Waals surface area contributed by atoms with Gasteiger partial charge in [0.05, 0.1) is 29.1 Å². The van der Waals surface area contributed by atoms with Crippen LogP contribution in [0.5, 0.6) is 0 Å². The van der Waals surface area contributed by atoms with E-state index in [1.165, 1.54) is 12.1 Å². The fourth-order valence-electron chi connectivity index (χ4n) is 5.69. The summed E-state index contributed by atoms with van der Waals surface area (Å²) in [7, 11) is 0. The molecule has 2 bridgehead atoms. The van der Waals surface area contributed by atoms with Gasteiger partial charge in [-0.2, -0.15) is 4.90 Å². The number of carbonyl (C=O) groups is 3. The number of anilines is 1. The zero-order valence-electron chi connectivity index (χ0n) is 17.5. The van der Waals surface area contributed by atoms with Crippen LogP contribution < -0.4 is 4.90 Å². The summed E-state index contributed by atoms with van der Waals surface area (Å²) in [5.74, 6) is -0.498. The van der Waals surface area contributed by atoms with Crippen molar-refractivity contribution in [3.8, 4) is 0 Å². The van der Waals surface area contributed by atoms with Crippen molar-refractivity contribution >= 4 is 39.9 Å². The van der Waals surface area contributed by atoms with E-state index >= 15 is 0 Å². The molecule has 6 rings (SSSR count). The van der Waals surface area contributed by atoms with Gasteiger partial charge in [-0.25, -0.2) is 19.4 Å². The highest BCUT2D eigenvalue weighted by molar-refractivity contribution is 6.23. The van der Waals surface area contributed by atoms with Gasteiger partial charge in [-0.05, 0) is 12.1 Å². The zero-order chi connectivity index (χ0) is 22.9. The van der Waals surface area contributed by atoms with E-state index in [0.717, 1.165) is 4.90 Å². The second-order valence-corrected chi connectivity index (χ2v) is 8.75. The van der Waals surface area contributed by atoms with Crippen LogP contribution in [-0.4, -0.2) is 69.1 Å². The lowest BCUT2D eigenvalue weighted by Crippen LogP contribution is -2.62. The van der Waals surface area contributed by atoms with Crippen LogP contribution in [0.4, 0.5) is 16.2 Å². The van der Waals surface area contributed by atoms with E-state index in [2.05, 4.69) is 0 Å². The van der Waals surface area contributed by atoms with Crippen LogP contribution in [0, 0.1) is 4.91 Å². The average molecular weight is 444 g/mol. The van der Waals surface area contributed by atoms with E-state index in [1.54, 1.807) is 48.5 Å². The summed E-state index contributed by atoms with van der Waals surface area (Å²) in [5, 5.41) is 10.4. The Morgan fingerprint density at radius 2 is 1.64 bits per heavy atom. The molecule has 0 saturated carbocycles. The quantitative estimate of drug-likeness (QED) is 0.288. The first-order valence-corrected chi connectivity index (χ1v) is 10.7. The van der Waals surface area contributed by atoms with Gasteiger partial charge < -0.3 is 0 Å². The van der Waals surface area contributed by atoms with Gasteiger partial charge in [-0.15, -0.1) is 0 Å². The van der Waals surface area contributed by atoms with E-state index in [4.69, 9.17) is 0 Å². The molecule has 3 aliphatic rings. The number of amides is 3. The Kier molecular flexibility index (Phi) is 4.05. The normalized spacial score (nSPS) is 27.9. The van der Waals surface area contributed by atoms with Crippen molar-refractivity contribution in [3.05, 3.63) is 77.2 Å². The van der Waals surface area contributed by atoms with E-state index in [-0.39, 0.29) is 26.8 Å². The summed E-state index contributed by atoms with van der Waals surface area (Å²) < 4.78 is -0.226. The minimum absolute atomic E-state index is 0.0189. The van der Waals surface area contributed by atoms with Crippen molar-refractivity contribution < 1.29 is 29.0 Å². The standard InChI is InChI=1S/C24H20N4O5/c29-22(15-6-2-1-3-7-15)20-12-25-13-21-23(30)26(24(31)28(20,21)14-25)18-10-11-19(27(32)33)17-9-5-4-8-16(17)18/h1-11,20-21H,12-14H2,(H,32,33)/q+2. The summed E-state index contributed by atoms with van der Waals surface area (Å²) in [5.41, 5.74) is 0.886. The van der Waals surface area contributed by atoms with Crippen LogP contribution in [0.15, 0.2) is 66.7 Å². The Bertz CT molecular complexity index is 1370. The largest absolute Gasteiger partial charge is 0.433 e. The fraction of sp³-hybridized carbons (Fsp3) is 0.208. The Balaban J connectivity index is 1.47. The van der Waals surface area contributed by atoms with Gasteiger partial charge in [-0.3, -0.25) is 9.59 Å². The first kappa shape index (κ1) is 19.7. The van der Waals surface area contributed by atoms with E-state index in [1.807, 2.05) is 11.0 Å². The number of ketones is 1. The van der Waals surface area contributed by atoms with Crippen molar-refractivity contribution in [2.75, 3.05) is 24.7 Å². The monoisotopic (exact) mass is 444 g/mol. The number of hydrogen-bond donors (Lipinski definition) is 1. The van der Waals surface area contributed by atoms with Crippen LogP contribution in [0.25, 0.3) is 10.8 Å². The molecule has 3 heterocycles. The zero-order valence-corrected chi connectivity index (χ0v) is 17.5. The van der Waals surface area contributed by atoms with Gasteiger partial charge in [0.25, 0.3) is 10.8 Å². The number of carbonyl (C=O) groups excluding carboxylic acids is 3. The van der Waals surface area contributed by atoms with E-state index in [9.17, 15) is 24.5 Å². The van der Waals surface area contributed by atoms with Crippen LogP contribution in [-0.2, 0) is 4.79 Å². The maximum atomic E-state index is 14.0. The third-order valence-corrected chi connectivity index (χ3v) is 7.15. The number of hydrogen-bond acceptors (Lipinski definition) is 5. The molecule has 3 saturated heterocycles. The molecule has 3 unspecified atom stereocenters. The molecule has 1 N–H and O–H groups in total. The number of nitrogens with zero attached hydrogens (tertiary/aromatic N) is 4. The molecule has 3 aromatic carbocycles. The number of rotatable bonds is 4. The summed E-state index contributed by atoms with van der Waals surface area (Å²) in [6, 6.07) is 16.8. The number of piperazine rings is 1. The van der Waals surface area contributed by atoms with Crippen molar-refractivity contribution in [2.24, 2.45) is 0 Å². The smallest absolute Gasteiger partial charge is 0.287 e. The molecular weight excluding hydrogens is 424 g/mol. The SMILES string of the molecule is O=C(c1ccccc1)C1C[N@@]2CC3C(=O)N(c4ccc([N+](=O)O)c5ccccc45)C(=O)[N+]13C2. The highest BCUT2D eigenvalue weighted by Crippen LogP contribution is 2.46. The van der Waals surface area contributed by atoms with Crippen molar-refractivity contribution in [3.63, 3.8) is 0 Å². The van der Waals surface area contributed by atoms with Gasteiger partial charge in [0.2, 0.25) is 5.78 Å². The predicted octanol–water partition coefficient (Wildman–Crippen LogP) is 2.83. The van der Waals surface area contributed by atoms with Gasteiger partial charge in [0.15, 0.2) is 12.1 Å². The third kappa shape index (κ3) is 2.51. The number of quaternary nitrogens is 1. The molecule has 3 amide bonds. The molecule has 3 fully saturated rings. The van der Waals surface area contributed by atoms with Gasteiger partial charge in [0, 0.05) is 17.0 Å². The lowest BCUT2D eigenvalue weighted by Gasteiger charge is -2.32. The minimum atomic E-state index is -0.660. The molecule has 164 valence electrons. The molecule has 9 nitrogen and oxygen atoms in total. The summed E-state index contributed by atoms with van der Waals surface area (Å²) in [4.78, 5) is 55.5. The van der Waals surface area contributed by atoms with Crippen LogP contribution >= 0.6 is 0 Å². The lowest BCUT2D eigenvalue weighted by atomic mass is 9.99. The molecule has 9 heteroatoms. The Labute approximate surface area is 188 Å². The predicted molar refractivity (Wildman–Crippen MR) is 117 cm³/mol. The van der Waals surface area contributed by atoms with Crippen LogP contribution in [0.1, 0.15) is 10.4 Å². The minimum Gasteiger partial charge on any atom is -0.287 e. The molecule has 0 radical (unpaired) electrons. The molecule has 3 aliphatic heterocycles. The molecule has 3 aromatic rings. The Hall–Kier alpha value is -3.95. The first-order valence-electron chi connectivity index (χ1n) is 10.7. The van der Waals surface area contributed by atoms with Crippen LogP contribution in [0.2, 0.25) is 0 Å². The highest BCUT2D eigenvalue weighted by Gasteiger charge is 2.73. The molecule has 0 aliphatic carbocycles. The van der Waals surface area contributed by atoms with Crippen LogP contribution in [0.3, 0.4) is 0 Å². The van der Waals surface area contributed by atoms with Crippen molar-refractivity contribution in [1.29, 1.82) is 0 Å². The second kappa shape index (κ2) is 6.77. The molecule has 0 aromatic heterocycles. The van der Waals surface area contributed by atoms with Crippen molar-refractivity contribution in [1.82, 2.24) is 4.90 Å². The van der Waals surface area contributed by atoms with Gasteiger partial charge in [-0.1, -0.05) is 48.5 Å². The molecular formula is C24H20N4O5+2. The summed E-state index contributed by atoms with van der Waals surface area (Å²) in [6.07, 6.45) is 0. The van der Waals surface area contributed by atoms with E-state index < -0.39 is 18.1 Å².